The van der Waals surface area contributed by atoms with Crippen LogP contribution in [0.25, 0.3) is 11.3 Å². The summed E-state index contributed by atoms with van der Waals surface area (Å²) in [7, 11) is 3.51. The number of aryl methyl sites for hydroxylation is 1. The molecule has 1 aromatic heterocycles. The highest BCUT2D eigenvalue weighted by Crippen LogP contribution is 2.34. The van der Waals surface area contributed by atoms with Gasteiger partial charge in [0, 0.05) is 18.3 Å². The molecule has 2 aromatic rings. The van der Waals surface area contributed by atoms with Crippen molar-refractivity contribution in [2.24, 2.45) is 7.05 Å². The molecule has 16 heavy (non-hydrogen) atoms. The van der Waals surface area contributed by atoms with Gasteiger partial charge in [-0.3, -0.25) is 4.68 Å². The van der Waals surface area contributed by atoms with Gasteiger partial charge in [-0.15, -0.1) is 0 Å². The third-order valence-electron chi connectivity index (χ3n) is 2.41. The molecule has 5 heteroatoms. The monoisotopic (exact) mass is 281 g/mol. The third kappa shape index (κ3) is 1.78. The van der Waals surface area contributed by atoms with E-state index in [4.69, 9.17) is 10.5 Å². The number of halogens is 1. The van der Waals surface area contributed by atoms with Gasteiger partial charge in [0.1, 0.15) is 5.75 Å². The second-order valence-electron chi connectivity index (χ2n) is 3.42. The predicted octanol–water partition coefficient (Wildman–Crippen LogP) is 2.44. The zero-order valence-electron chi connectivity index (χ0n) is 9.07. The molecule has 0 aliphatic heterocycles. The number of rotatable bonds is 2. The van der Waals surface area contributed by atoms with Gasteiger partial charge in [-0.05, 0) is 34.1 Å². The molecule has 0 aliphatic carbocycles. The Hall–Kier alpha value is -1.49. The van der Waals surface area contributed by atoms with Crippen molar-refractivity contribution < 1.29 is 4.74 Å². The van der Waals surface area contributed by atoms with Crippen LogP contribution in [-0.2, 0) is 7.05 Å². The molecule has 1 heterocycles. The third-order valence-corrected chi connectivity index (χ3v) is 2.99. The van der Waals surface area contributed by atoms with Gasteiger partial charge in [-0.1, -0.05) is 0 Å². The van der Waals surface area contributed by atoms with Gasteiger partial charge in [0.25, 0.3) is 0 Å². The summed E-state index contributed by atoms with van der Waals surface area (Å²) in [5, 5.41) is 4.16. The lowest BCUT2D eigenvalue weighted by atomic mass is 10.1. The Morgan fingerprint density at radius 1 is 1.44 bits per heavy atom. The van der Waals surface area contributed by atoms with Crippen LogP contribution in [0.1, 0.15) is 0 Å². The second kappa shape index (κ2) is 4.17. The van der Waals surface area contributed by atoms with E-state index in [1.807, 2.05) is 25.2 Å². The minimum Gasteiger partial charge on any atom is -0.497 e. The molecule has 0 atom stereocenters. The SMILES string of the molecule is COc1ccc(N)c(-c2c(Br)cnn2C)c1. The van der Waals surface area contributed by atoms with E-state index in [0.717, 1.165) is 21.5 Å². The Kier molecular flexibility index (Phi) is 2.87. The summed E-state index contributed by atoms with van der Waals surface area (Å²) in [5.41, 5.74) is 8.50. The van der Waals surface area contributed by atoms with Gasteiger partial charge < -0.3 is 10.5 Å². The minimum absolute atomic E-state index is 0.699. The molecule has 0 bridgehead atoms. The van der Waals surface area contributed by atoms with Gasteiger partial charge in [-0.2, -0.15) is 5.10 Å². The van der Waals surface area contributed by atoms with E-state index in [0.29, 0.717) is 5.69 Å². The number of nitrogens with two attached hydrogens (primary N) is 1. The largest absolute Gasteiger partial charge is 0.497 e. The van der Waals surface area contributed by atoms with Gasteiger partial charge in [-0.25, -0.2) is 0 Å². The summed E-state index contributed by atoms with van der Waals surface area (Å²) >= 11 is 3.45. The zero-order valence-corrected chi connectivity index (χ0v) is 10.7. The highest BCUT2D eigenvalue weighted by Gasteiger charge is 2.12. The molecule has 0 fully saturated rings. The van der Waals surface area contributed by atoms with Crippen LogP contribution in [0.5, 0.6) is 5.75 Å². The maximum Gasteiger partial charge on any atom is 0.119 e. The standard InChI is InChI=1S/C11H12BrN3O/c1-15-11(9(12)6-14-15)8-5-7(16-2)3-4-10(8)13/h3-6H,13H2,1-2H3. The lowest BCUT2D eigenvalue weighted by Gasteiger charge is -2.09. The lowest BCUT2D eigenvalue weighted by Crippen LogP contribution is -1.98. The second-order valence-corrected chi connectivity index (χ2v) is 4.27. The first-order chi connectivity index (χ1) is 7.63. The van der Waals surface area contributed by atoms with Crippen molar-refractivity contribution in [3.8, 4) is 17.0 Å². The first kappa shape index (κ1) is 11.0. The number of hydrogen-bond acceptors (Lipinski definition) is 3. The van der Waals surface area contributed by atoms with Gasteiger partial charge in [0.05, 0.1) is 23.5 Å². The average Bonchev–Trinajstić information content (AvgIpc) is 2.60. The molecule has 0 aliphatic rings. The van der Waals surface area contributed by atoms with Crippen molar-refractivity contribution >= 4 is 21.6 Å². The van der Waals surface area contributed by atoms with Crippen molar-refractivity contribution in [3.05, 3.63) is 28.9 Å². The van der Waals surface area contributed by atoms with Gasteiger partial charge in [0.15, 0.2) is 0 Å². The molecule has 0 spiro atoms. The molecule has 0 radical (unpaired) electrons. The molecule has 0 saturated carbocycles. The van der Waals surface area contributed by atoms with Crippen molar-refractivity contribution in [2.75, 3.05) is 12.8 Å². The van der Waals surface area contributed by atoms with E-state index >= 15 is 0 Å². The molecule has 1 aromatic carbocycles. The van der Waals surface area contributed by atoms with Crippen LogP contribution in [0.2, 0.25) is 0 Å². The first-order valence-corrected chi connectivity index (χ1v) is 5.54. The number of benzene rings is 1. The van der Waals surface area contributed by atoms with E-state index in [9.17, 15) is 0 Å². The summed E-state index contributed by atoms with van der Waals surface area (Å²) in [6.07, 6.45) is 1.74. The maximum atomic E-state index is 5.96. The van der Waals surface area contributed by atoms with Crippen LogP contribution < -0.4 is 10.5 Å². The van der Waals surface area contributed by atoms with Crippen molar-refractivity contribution in [3.63, 3.8) is 0 Å². The van der Waals surface area contributed by atoms with Crippen LogP contribution in [0.15, 0.2) is 28.9 Å². The zero-order chi connectivity index (χ0) is 11.7. The van der Waals surface area contributed by atoms with Crippen LogP contribution in [0, 0.1) is 0 Å². The normalized spacial score (nSPS) is 10.4. The minimum atomic E-state index is 0.699. The van der Waals surface area contributed by atoms with E-state index < -0.39 is 0 Å². The van der Waals surface area contributed by atoms with Gasteiger partial charge in [0.2, 0.25) is 0 Å². The molecule has 0 unspecified atom stereocenters. The van der Waals surface area contributed by atoms with E-state index in [-0.39, 0.29) is 0 Å². The van der Waals surface area contributed by atoms with Gasteiger partial charge >= 0.3 is 0 Å². The average molecular weight is 282 g/mol. The molecule has 2 N–H and O–H groups in total. The summed E-state index contributed by atoms with van der Waals surface area (Å²) in [6.45, 7) is 0. The summed E-state index contributed by atoms with van der Waals surface area (Å²) in [6, 6.07) is 5.56. The Bertz CT molecular complexity index is 502. The van der Waals surface area contributed by atoms with Crippen LogP contribution in [0.4, 0.5) is 5.69 Å². The van der Waals surface area contributed by atoms with E-state index in [1.165, 1.54) is 0 Å². The molecule has 0 saturated heterocycles. The highest BCUT2D eigenvalue weighted by molar-refractivity contribution is 9.10. The van der Waals surface area contributed by atoms with Crippen LogP contribution in [-0.4, -0.2) is 16.9 Å². The topological polar surface area (TPSA) is 53.1 Å². The first-order valence-electron chi connectivity index (χ1n) is 4.75. The summed E-state index contributed by atoms with van der Waals surface area (Å²) in [5.74, 6) is 0.775. The predicted molar refractivity (Wildman–Crippen MR) is 67.3 cm³/mol. The van der Waals surface area contributed by atoms with Crippen LogP contribution >= 0.6 is 15.9 Å². The molecule has 2 rings (SSSR count). The number of nitrogens with zero attached hydrogens (tertiary/aromatic N) is 2. The molecule has 0 amide bonds. The van der Waals surface area contributed by atoms with E-state index in [2.05, 4.69) is 21.0 Å². The quantitative estimate of drug-likeness (QED) is 0.861. The number of methoxy groups -OCH3 is 1. The number of anilines is 1. The number of ether oxygens (including phenoxy) is 1. The Balaban J connectivity index is 2.63. The van der Waals surface area contributed by atoms with Crippen molar-refractivity contribution in [1.82, 2.24) is 9.78 Å². The van der Waals surface area contributed by atoms with E-state index in [1.54, 1.807) is 18.0 Å². The Morgan fingerprint density at radius 2 is 2.19 bits per heavy atom. The fraction of sp³-hybridized carbons (Fsp3) is 0.182. The Morgan fingerprint density at radius 3 is 2.75 bits per heavy atom. The highest BCUT2D eigenvalue weighted by atomic mass is 79.9. The molecular formula is C11H12BrN3O. The maximum absolute atomic E-state index is 5.96. The summed E-state index contributed by atoms with van der Waals surface area (Å²) in [4.78, 5) is 0. The van der Waals surface area contributed by atoms with Crippen molar-refractivity contribution in [1.29, 1.82) is 0 Å². The van der Waals surface area contributed by atoms with Crippen LogP contribution in [0.3, 0.4) is 0 Å². The fourth-order valence-electron chi connectivity index (χ4n) is 1.58. The molecular weight excluding hydrogens is 270 g/mol. The smallest absolute Gasteiger partial charge is 0.119 e. The fourth-order valence-corrected chi connectivity index (χ4v) is 2.14. The molecule has 84 valence electrons. The number of aromatic nitrogens is 2. The Labute approximate surface area is 102 Å². The number of hydrogen-bond donors (Lipinski definition) is 1. The molecule has 4 nitrogen and oxygen atoms in total. The van der Waals surface area contributed by atoms with Crippen molar-refractivity contribution in [2.45, 2.75) is 0 Å². The lowest BCUT2D eigenvalue weighted by molar-refractivity contribution is 0.415. The summed E-state index contributed by atoms with van der Waals surface area (Å²) < 4.78 is 7.87. The number of nitrogen functional groups attached to an aromatic ring is 1.